The second-order valence-corrected chi connectivity index (χ2v) is 9.73. The Morgan fingerprint density at radius 2 is 1.89 bits per heavy atom. The second-order valence-electron chi connectivity index (χ2n) is 6.77. The molecule has 0 radical (unpaired) electrons. The summed E-state index contributed by atoms with van der Waals surface area (Å²) in [5, 5.41) is 0.619. The molecule has 1 aliphatic rings. The maximum atomic E-state index is 12.7. The minimum Gasteiger partial charge on any atom is -0.497 e. The van der Waals surface area contributed by atoms with Crippen molar-refractivity contribution in [2.75, 3.05) is 20.2 Å². The molecule has 2 aromatic carbocycles. The van der Waals surface area contributed by atoms with Crippen molar-refractivity contribution in [2.24, 2.45) is 0 Å². The van der Waals surface area contributed by atoms with E-state index < -0.39 is 10.0 Å². The summed E-state index contributed by atoms with van der Waals surface area (Å²) < 4.78 is 39.2. The van der Waals surface area contributed by atoms with Crippen molar-refractivity contribution < 1.29 is 17.9 Å². The van der Waals surface area contributed by atoms with Gasteiger partial charge in [-0.1, -0.05) is 41.7 Å². The molecular formula is C20H22N2O4S2. The zero-order valence-corrected chi connectivity index (χ0v) is 17.2. The predicted octanol–water partition coefficient (Wildman–Crippen LogP) is 3.68. The molecule has 1 aromatic heterocycles. The lowest BCUT2D eigenvalue weighted by molar-refractivity contribution is 0.135. The van der Waals surface area contributed by atoms with E-state index in [0.29, 0.717) is 31.1 Å². The van der Waals surface area contributed by atoms with E-state index in [1.165, 1.54) is 11.3 Å². The Kier molecular flexibility index (Phi) is 5.52. The molecule has 2 heterocycles. The number of rotatable bonds is 6. The standard InChI is InChI=1S/C20H22N2O4S2/c1-25-17-7-8-19-18(13-17)21-20(27-19)26-16-9-11-22(12-10-16)28(23,24)14-15-5-3-2-4-6-15/h2-8,13,16H,9-12,14H2,1H3. The first kappa shape index (κ1) is 19.2. The van der Waals surface area contributed by atoms with Gasteiger partial charge in [0.25, 0.3) is 5.19 Å². The van der Waals surface area contributed by atoms with Crippen LogP contribution in [-0.2, 0) is 15.8 Å². The van der Waals surface area contributed by atoms with Crippen LogP contribution < -0.4 is 9.47 Å². The smallest absolute Gasteiger partial charge is 0.274 e. The van der Waals surface area contributed by atoms with Gasteiger partial charge in [0.1, 0.15) is 11.9 Å². The number of fused-ring (bicyclic) bond motifs is 1. The fourth-order valence-electron chi connectivity index (χ4n) is 3.31. The largest absolute Gasteiger partial charge is 0.497 e. The number of piperidine rings is 1. The molecule has 0 amide bonds. The van der Waals surface area contributed by atoms with Gasteiger partial charge in [-0.3, -0.25) is 0 Å². The number of benzene rings is 2. The highest BCUT2D eigenvalue weighted by molar-refractivity contribution is 7.88. The fraction of sp³-hybridized carbons (Fsp3) is 0.350. The highest BCUT2D eigenvalue weighted by Gasteiger charge is 2.29. The molecule has 0 bridgehead atoms. The molecule has 4 rings (SSSR count). The fourth-order valence-corrected chi connectivity index (χ4v) is 5.74. The van der Waals surface area contributed by atoms with Gasteiger partial charge in [-0.25, -0.2) is 17.7 Å². The van der Waals surface area contributed by atoms with Gasteiger partial charge < -0.3 is 9.47 Å². The van der Waals surface area contributed by atoms with Gasteiger partial charge in [-0.15, -0.1) is 0 Å². The van der Waals surface area contributed by atoms with Crippen LogP contribution in [0.25, 0.3) is 10.2 Å². The molecule has 0 N–H and O–H groups in total. The van der Waals surface area contributed by atoms with E-state index in [4.69, 9.17) is 9.47 Å². The third-order valence-corrected chi connectivity index (χ3v) is 7.61. The van der Waals surface area contributed by atoms with Crippen molar-refractivity contribution in [3.05, 3.63) is 54.1 Å². The SMILES string of the molecule is COc1ccc2sc(OC3CCN(S(=O)(=O)Cc4ccccc4)CC3)nc2c1. The summed E-state index contributed by atoms with van der Waals surface area (Å²) in [7, 11) is -1.68. The van der Waals surface area contributed by atoms with Crippen molar-refractivity contribution in [3.63, 3.8) is 0 Å². The minimum atomic E-state index is -3.31. The molecule has 8 heteroatoms. The maximum absolute atomic E-state index is 12.7. The van der Waals surface area contributed by atoms with Gasteiger partial charge in [-0.05, 0) is 30.5 Å². The number of sulfonamides is 1. The Hall–Kier alpha value is -2.16. The lowest BCUT2D eigenvalue weighted by Gasteiger charge is -2.30. The molecule has 3 aromatic rings. The molecule has 1 saturated heterocycles. The summed E-state index contributed by atoms with van der Waals surface area (Å²) in [5.74, 6) is 0.806. The summed E-state index contributed by atoms with van der Waals surface area (Å²) in [5.41, 5.74) is 1.66. The summed E-state index contributed by atoms with van der Waals surface area (Å²) in [4.78, 5) is 4.52. The van der Waals surface area contributed by atoms with Crippen LogP contribution in [0, 0.1) is 0 Å². The summed E-state index contributed by atoms with van der Waals surface area (Å²) in [6, 6.07) is 15.1. The summed E-state index contributed by atoms with van der Waals surface area (Å²) >= 11 is 1.50. The van der Waals surface area contributed by atoms with Crippen LogP contribution in [0.3, 0.4) is 0 Å². The Labute approximate surface area is 168 Å². The molecule has 6 nitrogen and oxygen atoms in total. The summed E-state index contributed by atoms with van der Waals surface area (Å²) in [6.07, 6.45) is 1.30. The van der Waals surface area contributed by atoms with Gasteiger partial charge in [0, 0.05) is 19.2 Å². The average Bonchev–Trinajstić information content (AvgIpc) is 3.10. The van der Waals surface area contributed by atoms with Crippen molar-refractivity contribution >= 4 is 31.6 Å². The topological polar surface area (TPSA) is 68.7 Å². The number of thiazole rings is 1. The average molecular weight is 419 g/mol. The third kappa shape index (κ3) is 4.29. The van der Waals surface area contributed by atoms with Crippen molar-refractivity contribution in [3.8, 4) is 10.9 Å². The van der Waals surface area contributed by atoms with E-state index in [-0.39, 0.29) is 11.9 Å². The number of aromatic nitrogens is 1. The minimum absolute atomic E-state index is 0.0226. The van der Waals surface area contributed by atoms with Gasteiger partial charge in [0.05, 0.1) is 23.1 Å². The molecule has 1 fully saturated rings. The zero-order valence-electron chi connectivity index (χ0n) is 15.6. The predicted molar refractivity (Wildman–Crippen MR) is 110 cm³/mol. The number of hydrogen-bond donors (Lipinski definition) is 0. The lowest BCUT2D eigenvalue weighted by Crippen LogP contribution is -2.42. The van der Waals surface area contributed by atoms with Crippen molar-refractivity contribution in [1.82, 2.24) is 9.29 Å². The Morgan fingerprint density at radius 3 is 2.61 bits per heavy atom. The number of ether oxygens (including phenoxy) is 2. The lowest BCUT2D eigenvalue weighted by atomic mass is 10.1. The molecule has 28 heavy (non-hydrogen) atoms. The van der Waals surface area contributed by atoms with E-state index in [1.807, 2.05) is 48.5 Å². The molecule has 0 unspecified atom stereocenters. The van der Waals surface area contributed by atoms with Gasteiger partial charge in [-0.2, -0.15) is 0 Å². The van der Waals surface area contributed by atoms with Crippen LogP contribution in [0.2, 0.25) is 0 Å². The van der Waals surface area contributed by atoms with Crippen LogP contribution in [0.4, 0.5) is 0 Å². The van der Waals surface area contributed by atoms with Gasteiger partial charge >= 0.3 is 0 Å². The number of hydrogen-bond acceptors (Lipinski definition) is 6. The molecule has 0 aliphatic carbocycles. The molecule has 1 aliphatic heterocycles. The van der Waals surface area contributed by atoms with E-state index in [0.717, 1.165) is 21.5 Å². The number of methoxy groups -OCH3 is 1. The Morgan fingerprint density at radius 1 is 1.14 bits per heavy atom. The monoisotopic (exact) mass is 418 g/mol. The van der Waals surface area contributed by atoms with Crippen molar-refractivity contribution in [1.29, 1.82) is 0 Å². The summed E-state index contributed by atoms with van der Waals surface area (Å²) in [6.45, 7) is 0.942. The quantitative estimate of drug-likeness (QED) is 0.611. The van der Waals surface area contributed by atoms with Gasteiger partial charge in [0.15, 0.2) is 0 Å². The molecule has 148 valence electrons. The highest BCUT2D eigenvalue weighted by Crippen LogP contribution is 2.32. The second kappa shape index (κ2) is 8.06. The number of nitrogens with zero attached hydrogens (tertiary/aromatic N) is 2. The van der Waals surface area contributed by atoms with E-state index >= 15 is 0 Å². The Balaban J connectivity index is 1.36. The first-order valence-corrected chi connectivity index (χ1v) is 11.6. The normalized spacial score (nSPS) is 16.3. The van der Waals surface area contributed by atoms with E-state index in [2.05, 4.69) is 4.98 Å². The molecule has 0 atom stereocenters. The van der Waals surface area contributed by atoms with Crippen LogP contribution >= 0.6 is 11.3 Å². The first-order valence-electron chi connectivity index (χ1n) is 9.16. The van der Waals surface area contributed by atoms with E-state index in [1.54, 1.807) is 11.4 Å². The first-order chi connectivity index (χ1) is 13.5. The highest BCUT2D eigenvalue weighted by atomic mass is 32.2. The van der Waals surface area contributed by atoms with Crippen LogP contribution in [0.1, 0.15) is 18.4 Å². The van der Waals surface area contributed by atoms with Crippen molar-refractivity contribution in [2.45, 2.75) is 24.7 Å². The zero-order chi connectivity index (χ0) is 19.6. The molecule has 0 saturated carbocycles. The van der Waals surface area contributed by atoms with Gasteiger partial charge in [0.2, 0.25) is 10.0 Å². The Bertz CT molecular complexity index is 1040. The molecule has 0 spiro atoms. The molecular weight excluding hydrogens is 396 g/mol. The van der Waals surface area contributed by atoms with Crippen LogP contribution in [0.15, 0.2) is 48.5 Å². The van der Waals surface area contributed by atoms with Crippen LogP contribution in [-0.4, -0.2) is 44.0 Å². The van der Waals surface area contributed by atoms with Crippen LogP contribution in [0.5, 0.6) is 10.9 Å². The van der Waals surface area contributed by atoms with E-state index in [9.17, 15) is 8.42 Å². The maximum Gasteiger partial charge on any atom is 0.274 e. The third-order valence-electron chi connectivity index (χ3n) is 4.83.